The van der Waals surface area contributed by atoms with Gasteiger partial charge in [0.1, 0.15) is 0 Å². The Morgan fingerprint density at radius 1 is 1.08 bits per heavy atom. The summed E-state index contributed by atoms with van der Waals surface area (Å²) in [6.07, 6.45) is 0. The fraction of sp³-hybridized carbons (Fsp3) is 0.333. The van der Waals surface area contributed by atoms with E-state index in [1.54, 1.807) is 12.1 Å². The van der Waals surface area contributed by atoms with Crippen LogP contribution in [0.15, 0.2) is 47.4 Å². The lowest BCUT2D eigenvalue weighted by atomic mass is 10.1. The van der Waals surface area contributed by atoms with Gasteiger partial charge in [0.25, 0.3) is 0 Å². The summed E-state index contributed by atoms with van der Waals surface area (Å²) in [5.41, 5.74) is 7.82. The smallest absolute Gasteiger partial charge is 0.231 e. The van der Waals surface area contributed by atoms with Gasteiger partial charge >= 0.3 is 0 Å². The summed E-state index contributed by atoms with van der Waals surface area (Å²) >= 11 is 0. The van der Waals surface area contributed by atoms with Crippen molar-refractivity contribution >= 4 is 9.84 Å². The fourth-order valence-electron chi connectivity index (χ4n) is 3.49. The summed E-state index contributed by atoms with van der Waals surface area (Å²) in [5, 5.41) is -0.481. The number of nitrogens with two attached hydrogens (primary N) is 1. The first-order valence-electron chi connectivity index (χ1n) is 7.92. The van der Waals surface area contributed by atoms with Gasteiger partial charge in [0, 0.05) is 5.92 Å². The highest BCUT2D eigenvalue weighted by Gasteiger charge is 2.58. The molecule has 24 heavy (non-hydrogen) atoms. The molecule has 0 bridgehead atoms. The Morgan fingerprint density at radius 3 is 2.50 bits per heavy atom. The van der Waals surface area contributed by atoms with Gasteiger partial charge < -0.3 is 15.2 Å². The van der Waals surface area contributed by atoms with Crippen molar-refractivity contribution in [1.29, 1.82) is 0 Å². The maximum atomic E-state index is 13.0. The number of fused-ring (bicyclic) bond motifs is 1. The highest BCUT2D eigenvalue weighted by molar-refractivity contribution is 7.92. The van der Waals surface area contributed by atoms with Crippen LogP contribution in [0.5, 0.6) is 11.5 Å². The number of hydrogen-bond acceptors (Lipinski definition) is 5. The Hall–Kier alpha value is -2.05. The van der Waals surface area contributed by atoms with E-state index in [1.165, 1.54) is 0 Å². The van der Waals surface area contributed by atoms with E-state index in [0.29, 0.717) is 22.9 Å². The lowest BCUT2D eigenvalue weighted by Gasteiger charge is -2.05. The molecule has 2 aromatic carbocycles. The molecule has 1 fully saturated rings. The molecule has 1 saturated carbocycles. The molecule has 2 N–H and O–H groups in total. The van der Waals surface area contributed by atoms with Gasteiger partial charge in [-0.15, -0.1) is 0 Å². The Balaban J connectivity index is 1.67. The van der Waals surface area contributed by atoms with Crippen molar-refractivity contribution in [1.82, 2.24) is 0 Å². The largest absolute Gasteiger partial charge is 0.454 e. The first-order chi connectivity index (χ1) is 11.5. The molecule has 1 heterocycles. The van der Waals surface area contributed by atoms with Gasteiger partial charge in [0.2, 0.25) is 6.79 Å². The second-order valence-electron chi connectivity index (χ2n) is 6.36. The third-order valence-corrected chi connectivity index (χ3v) is 7.15. The van der Waals surface area contributed by atoms with Crippen molar-refractivity contribution in [2.45, 2.75) is 23.0 Å². The quantitative estimate of drug-likeness (QED) is 0.919. The Morgan fingerprint density at radius 2 is 1.79 bits per heavy atom. The minimum atomic E-state index is -3.41. The molecule has 0 amide bonds. The molecule has 1 aliphatic heterocycles. The van der Waals surface area contributed by atoms with Crippen LogP contribution in [0.3, 0.4) is 0 Å². The van der Waals surface area contributed by atoms with E-state index >= 15 is 0 Å². The SMILES string of the molecule is Cc1ccc(S(=O)(=O)[C@@H]2[C@@H](CN)[C@H]2c2ccc3c(c2)OCO3)cc1. The van der Waals surface area contributed by atoms with Gasteiger partial charge in [-0.25, -0.2) is 8.42 Å². The summed E-state index contributed by atoms with van der Waals surface area (Å²) in [5.74, 6) is 1.19. The number of rotatable bonds is 4. The van der Waals surface area contributed by atoms with Crippen LogP contribution in [-0.2, 0) is 9.84 Å². The van der Waals surface area contributed by atoms with E-state index in [-0.39, 0.29) is 18.6 Å². The second kappa shape index (κ2) is 5.50. The van der Waals surface area contributed by atoms with Gasteiger partial charge in [-0.2, -0.15) is 0 Å². The zero-order chi connectivity index (χ0) is 16.9. The number of benzene rings is 2. The Labute approximate surface area is 141 Å². The zero-order valence-corrected chi connectivity index (χ0v) is 14.1. The van der Waals surface area contributed by atoms with Crippen molar-refractivity contribution in [3.8, 4) is 11.5 Å². The van der Waals surface area contributed by atoms with Crippen LogP contribution < -0.4 is 15.2 Å². The van der Waals surface area contributed by atoms with E-state index in [1.807, 2.05) is 37.3 Å². The second-order valence-corrected chi connectivity index (χ2v) is 8.47. The third kappa shape index (κ3) is 2.37. The maximum Gasteiger partial charge on any atom is 0.231 e. The van der Waals surface area contributed by atoms with E-state index in [4.69, 9.17) is 15.2 Å². The maximum absolute atomic E-state index is 13.0. The topological polar surface area (TPSA) is 78.6 Å². The molecular formula is C18H19NO4S. The molecule has 0 radical (unpaired) electrons. The summed E-state index contributed by atoms with van der Waals surface area (Å²) in [4.78, 5) is 0.361. The van der Waals surface area contributed by atoms with Crippen LogP contribution in [0.1, 0.15) is 17.0 Å². The summed E-state index contributed by atoms with van der Waals surface area (Å²) in [6.45, 7) is 2.48. The van der Waals surface area contributed by atoms with Gasteiger partial charge in [0.15, 0.2) is 21.3 Å². The van der Waals surface area contributed by atoms with Crippen LogP contribution in [0.25, 0.3) is 0 Å². The van der Waals surface area contributed by atoms with Crippen LogP contribution in [0.4, 0.5) is 0 Å². The van der Waals surface area contributed by atoms with Crippen molar-refractivity contribution < 1.29 is 17.9 Å². The van der Waals surface area contributed by atoms with Crippen LogP contribution in [0.2, 0.25) is 0 Å². The highest BCUT2D eigenvalue weighted by Crippen LogP contribution is 2.54. The summed E-state index contributed by atoms with van der Waals surface area (Å²) in [6, 6.07) is 12.6. The molecule has 4 rings (SSSR count). The van der Waals surface area contributed by atoms with E-state index in [2.05, 4.69) is 0 Å². The molecule has 2 aromatic rings. The summed E-state index contributed by atoms with van der Waals surface area (Å²) in [7, 11) is -3.41. The number of ether oxygens (including phenoxy) is 2. The van der Waals surface area contributed by atoms with Crippen molar-refractivity contribution in [2.75, 3.05) is 13.3 Å². The monoisotopic (exact) mass is 345 g/mol. The van der Waals surface area contributed by atoms with E-state index in [9.17, 15) is 8.42 Å². The predicted octanol–water partition coefficient (Wildman–Crippen LogP) is 2.24. The molecule has 2 aliphatic rings. The third-order valence-electron chi connectivity index (χ3n) is 4.86. The molecule has 6 heteroatoms. The number of aryl methyl sites for hydroxylation is 1. The van der Waals surface area contributed by atoms with E-state index in [0.717, 1.165) is 11.1 Å². The average molecular weight is 345 g/mol. The predicted molar refractivity (Wildman–Crippen MR) is 90.0 cm³/mol. The molecule has 5 nitrogen and oxygen atoms in total. The lowest BCUT2D eigenvalue weighted by Crippen LogP contribution is -2.13. The average Bonchev–Trinajstić information content (AvgIpc) is 3.15. The molecule has 0 saturated heterocycles. The van der Waals surface area contributed by atoms with Crippen molar-refractivity contribution in [3.05, 3.63) is 53.6 Å². The number of sulfone groups is 1. The van der Waals surface area contributed by atoms with Gasteiger partial charge in [0.05, 0.1) is 10.1 Å². The molecule has 0 spiro atoms. The zero-order valence-electron chi connectivity index (χ0n) is 13.3. The van der Waals surface area contributed by atoms with Crippen LogP contribution in [-0.4, -0.2) is 27.0 Å². The number of hydrogen-bond donors (Lipinski definition) is 1. The first kappa shape index (κ1) is 15.5. The van der Waals surface area contributed by atoms with Gasteiger partial charge in [-0.1, -0.05) is 23.8 Å². The minimum Gasteiger partial charge on any atom is -0.454 e. The van der Waals surface area contributed by atoms with Crippen molar-refractivity contribution in [3.63, 3.8) is 0 Å². The Kier molecular flexibility index (Phi) is 3.54. The molecule has 126 valence electrons. The van der Waals surface area contributed by atoms with Crippen LogP contribution >= 0.6 is 0 Å². The lowest BCUT2D eigenvalue weighted by molar-refractivity contribution is 0.174. The van der Waals surface area contributed by atoms with Crippen molar-refractivity contribution in [2.24, 2.45) is 11.7 Å². The molecular weight excluding hydrogens is 326 g/mol. The van der Waals surface area contributed by atoms with E-state index < -0.39 is 15.1 Å². The first-order valence-corrected chi connectivity index (χ1v) is 9.47. The molecule has 0 aromatic heterocycles. The molecule has 0 unspecified atom stereocenters. The fourth-order valence-corrected chi connectivity index (χ4v) is 5.71. The van der Waals surface area contributed by atoms with Crippen LogP contribution in [0, 0.1) is 12.8 Å². The Bertz CT molecular complexity index is 876. The highest BCUT2D eigenvalue weighted by atomic mass is 32.2. The van der Waals surface area contributed by atoms with Gasteiger partial charge in [-0.3, -0.25) is 0 Å². The normalized spacial score (nSPS) is 24.8. The molecule has 3 atom stereocenters. The summed E-state index contributed by atoms with van der Waals surface area (Å²) < 4.78 is 36.7. The van der Waals surface area contributed by atoms with Gasteiger partial charge in [-0.05, 0) is 49.2 Å². The molecule has 1 aliphatic carbocycles. The standard InChI is InChI=1S/C18H19NO4S/c1-11-2-5-13(6-3-11)24(20,21)18-14(9-19)17(18)12-4-7-15-16(8-12)23-10-22-15/h2-8,14,17-18H,9-10,19H2,1H3/t14-,17+,18+/m0/s1. The minimum absolute atomic E-state index is 0.0725.